The van der Waals surface area contributed by atoms with Crippen molar-refractivity contribution in [1.29, 1.82) is 0 Å². The van der Waals surface area contributed by atoms with E-state index in [-0.39, 0.29) is 17.3 Å². The zero-order chi connectivity index (χ0) is 15.0. The lowest BCUT2D eigenvalue weighted by Crippen LogP contribution is -2.17. The molecule has 6 heteroatoms. The first-order chi connectivity index (χ1) is 10.1. The van der Waals surface area contributed by atoms with Crippen LogP contribution in [0.15, 0.2) is 35.1 Å². The Balaban J connectivity index is 2.22. The number of hydrogen-bond acceptors (Lipinski definition) is 5. The van der Waals surface area contributed by atoms with Crippen LogP contribution in [0.25, 0.3) is 11.0 Å². The fraction of sp³-hybridized carbons (Fsp3) is 0.133. The molecule has 0 aliphatic heterocycles. The molecule has 2 aromatic heterocycles. The first-order valence-corrected chi connectivity index (χ1v) is 6.54. The van der Waals surface area contributed by atoms with Gasteiger partial charge in [-0.25, -0.2) is 0 Å². The van der Waals surface area contributed by atoms with Gasteiger partial charge in [0.25, 0.3) is 5.56 Å². The van der Waals surface area contributed by atoms with Crippen molar-refractivity contribution in [2.45, 2.75) is 13.3 Å². The molecule has 106 valence electrons. The van der Waals surface area contributed by atoms with Crippen LogP contribution < -0.4 is 17.0 Å². The molecule has 0 saturated carbocycles. The van der Waals surface area contributed by atoms with Crippen LogP contribution in [-0.4, -0.2) is 15.0 Å². The molecule has 6 nitrogen and oxygen atoms in total. The Morgan fingerprint density at radius 2 is 1.86 bits per heavy atom. The van der Waals surface area contributed by atoms with Gasteiger partial charge in [-0.05, 0) is 18.1 Å². The fourth-order valence-corrected chi connectivity index (χ4v) is 2.47. The molecule has 5 N–H and O–H groups in total. The molecule has 0 unspecified atom stereocenters. The predicted octanol–water partition coefficient (Wildman–Crippen LogP) is 1.38. The van der Waals surface area contributed by atoms with Gasteiger partial charge in [0.1, 0.15) is 11.5 Å². The SMILES string of the molecule is Cc1c(Cc2ccccc2)c(=O)[nH]c2nc(N)nc(N)c12. The second-order valence-corrected chi connectivity index (χ2v) is 4.91. The van der Waals surface area contributed by atoms with E-state index in [1.54, 1.807) is 0 Å². The summed E-state index contributed by atoms with van der Waals surface area (Å²) in [5, 5.41) is 0.648. The summed E-state index contributed by atoms with van der Waals surface area (Å²) in [6.45, 7) is 1.85. The van der Waals surface area contributed by atoms with Gasteiger partial charge in [0, 0.05) is 12.0 Å². The van der Waals surface area contributed by atoms with Crippen molar-refractivity contribution >= 4 is 22.8 Å². The number of hydrogen-bond donors (Lipinski definition) is 3. The molecule has 0 aliphatic rings. The molecule has 0 saturated heterocycles. The van der Waals surface area contributed by atoms with Crippen molar-refractivity contribution in [1.82, 2.24) is 15.0 Å². The minimum absolute atomic E-state index is 0.0471. The number of benzene rings is 1. The Kier molecular flexibility index (Phi) is 3.06. The number of nitrogens with zero attached hydrogens (tertiary/aromatic N) is 2. The molecule has 0 spiro atoms. The van der Waals surface area contributed by atoms with E-state index >= 15 is 0 Å². The third kappa shape index (κ3) is 2.31. The summed E-state index contributed by atoms with van der Waals surface area (Å²) in [6.07, 6.45) is 0.530. The van der Waals surface area contributed by atoms with Crippen LogP contribution in [-0.2, 0) is 6.42 Å². The molecule has 21 heavy (non-hydrogen) atoms. The van der Waals surface area contributed by atoms with Crippen LogP contribution in [0.2, 0.25) is 0 Å². The van der Waals surface area contributed by atoms with E-state index in [0.717, 1.165) is 11.1 Å². The number of nitrogen functional groups attached to an aromatic ring is 2. The highest BCUT2D eigenvalue weighted by atomic mass is 16.1. The summed E-state index contributed by atoms with van der Waals surface area (Å²) >= 11 is 0. The standard InChI is InChI=1S/C15H15N5O/c1-8-10(7-9-5-3-2-4-6-9)14(21)19-13-11(8)12(16)18-15(17)20-13/h2-6H,7H2,1H3,(H5,16,17,18,19,20,21). The second-order valence-electron chi connectivity index (χ2n) is 4.91. The van der Waals surface area contributed by atoms with Crippen LogP contribution >= 0.6 is 0 Å². The van der Waals surface area contributed by atoms with E-state index in [0.29, 0.717) is 23.0 Å². The molecule has 0 aliphatic carbocycles. The molecule has 1 aromatic carbocycles. The fourth-order valence-electron chi connectivity index (χ4n) is 2.47. The van der Waals surface area contributed by atoms with Gasteiger partial charge in [0.15, 0.2) is 0 Å². The molecule has 0 atom stereocenters. The van der Waals surface area contributed by atoms with Crippen LogP contribution in [0.3, 0.4) is 0 Å². The number of aromatic nitrogens is 3. The van der Waals surface area contributed by atoms with Gasteiger partial charge < -0.3 is 16.5 Å². The van der Waals surface area contributed by atoms with Crippen molar-refractivity contribution in [3.8, 4) is 0 Å². The normalized spacial score (nSPS) is 10.9. The number of pyridine rings is 1. The summed E-state index contributed by atoms with van der Waals surface area (Å²) in [5.41, 5.74) is 14.2. The zero-order valence-electron chi connectivity index (χ0n) is 11.6. The predicted molar refractivity (Wildman–Crippen MR) is 83.0 cm³/mol. The average molecular weight is 281 g/mol. The maximum Gasteiger partial charge on any atom is 0.253 e. The molecule has 0 fully saturated rings. The minimum Gasteiger partial charge on any atom is -0.383 e. The molecular formula is C15H15N5O. The van der Waals surface area contributed by atoms with Gasteiger partial charge in [-0.3, -0.25) is 4.79 Å². The third-order valence-corrected chi connectivity index (χ3v) is 3.51. The Bertz CT molecular complexity index is 871. The maximum atomic E-state index is 12.3. The van der Waals surface area contributed by atoms with E-state index in [1.165, 1.54) is 0 Å². The maximum absolute atomic E-state index is 12.3. The number of anilines is 2. The lowest BCUT2D eigenvalue weighted by Gasteiger charge is -2.10. The van der Waals surface area contributed by atoms with E-state index in [9.17, 15) is 4.79 Å². The monoisotopic (exact) mass is 281 g/mol. The lowest BCUT2D eigenvalue weighted by molar-refractivity contribution is 1.07. The van der Waals surface area contributed by atoms with Crippen LogP contribution in [0.1, 0.15) is 16.7 Å². The Hall–Kier alpha value is -2.89. The number of aromatic amines is 1. The summed E-state index contributed by atoms with van der Waals surface area (Å²) < 4.78 is 0. The highest BCUT2D eigenvalue weighted by molar-refractivity contribution is 5.89. The number of rotatable bonds is 2. The van der Waals surface area contributed by atoms with Crippen molar-refractivity contribution in [2.75, 3.05) is 11.5 Å². The lowest BCUT2D eigenvalue weighted by atomic mass is 10.00. The molecule has 3 aromatic rings. The number of fused-ring (bicyclic) bond motifs is 1. The molecule has 0 amide bonds. The topological polar surface area (TPSA) is 111 Å². The number of nitrogens with two attached hydrogens (primary N) is 2. The summed E-state index contributed by atoms with van der Waals surface area (Å²) in [4.78, 5) is 23.0. The average Bonchev–Trinajstić information content (AvgIpc) is 2.43. The third-order valence-electron chi connectivity index (χ3n) is 3.51. The summed E-state index contributed by atoms with van der Waals surface area (Å²) in [6, 6.07) is 9.78. The molecule has 0 radical (unpaired) electrons. The van der Waals surface area contributed by atoms with Crippen molar-refractivity contribution in [3.05, 3.63) is 57.4 Å². The van der Waals surface area contributed by atoms with Crippen LogP contribution in [0.4, 0.5) is 11.8 Å². The largest absolute Gasteiger partial charge is 0.383 e. The van der Waals surface area contributed by atoms with E-state index in [2.05, 4.69) is 15.0 Å². The Labute approximate surface area is 120 Å². The van der Waals surface area contributed by atoms with Gasteiger partial charge in [-0.15, -0.1) is 0 Å². The highest BCUT2D eigenvalue weighted by Gasteiger charge is 2.14. The molecule has 2 heterocycles. The summed E-state index contributed by atoms with van der Waals surface area (Å²) in [7, 11) is 0. The van der Waals surface area contributed by atoms with E-state index < -0.39 is 0 Å². The zero-order valence-corrected chi connectivity index (χ0v) is 11.6. The molecular weight excluding hydrogens is 266 g/mol. The van der Waals surface area contributed by atoms with E-state index in [4.69, 9.17) is 11.5 Å². The first kappa shape index (κ1) is 13.1. The van der Waals surface area contributed by atoms with Gasteiger partial charge in [-0.1, -0.05) is 30.3 Å². The van der Waals surface area contributed by atoms with E-state index in [1.807, 2.05) is 37.3 Å². The minimum atomic E-state index is -0.179. The summed E-state index contributed by atoms with van der Waals surface area (Å²) in [5.74, 6) is 0.325. The number of nitrogens with one attached hydrogen (secondary N) is 1. The second kappa shape index (κ2) is 4.90. The quantitative estimate of drug-likeness (QED) is 0.657. The van der Waals surface area contributed by atoms with Crippen molar-refractivity contribution < 1.29 is 0 Å². The van der Waals surface area contributed by atoms with Gasteiger partial charge in [0.05, 0.1) is 5.39 Å². The number of aryl methyl sites for hydroxylation is 1. The Morgan fingerprint density at radius 3 is 2.57 bits per heavy atom. The molecule has 3 rings (SSSR count). The van der Waals surface area contributed by atoms with Crippen LogP contribution in [0.5, 0.6) is 0 Å². The smallest absolute Gasteiger partial charge is 0.253 e. The molecule has 0 bridgehead atoms. The van der Waals surface area contributed by atoms with Crippen molar-refractivity contribution in [2.24, 2.45) is 0 Å². The van der Waals surface area contributed by atoms with Gasteiger partial charge in [-0.2, -0.15) is 9.97 Å². The van der Waals surface area contributed by atoms with Gasteiger partial charge in [0.2, 0.25) is 5.95 Å². The number of H-pyrrole nitrogens is 1. The van der Waals surface area contributed by atoms with Gasteiger partial charge >= 0.3 is 0 Å². The van der Waals surface area contributed by atoms with Crippen molar-refractivity contribution in [3.63, 3.8) is 0 Å². The Morgan fingerprint density at radius 1 is 1.14 bits per heavy atom. The van der Waals surface area contributed by atoms with Crippen LogP contribution in [0, 0.1) is 6.92 Å². The highest BCUT2D eigenvalue weighted by Crippen LogP contribution is 2.23. The first-order valence-electron chi connectivity index (χ1n) is 6.54.